The highest BCUT2D eigenvalue weighted by Crippen LogP contribution is 2.16. The van der Waals surface area contributed by atoms with Crippen LogP contribution in [0.15, 0.2) is 4.52 Å². The second-order valence-electron chi connectivity index (χ2n) is 4.68. The molecule has 1 aliphatic heterocycles. The Kier molecular flexibility index (Phi) is 4.39. The molecule has 1 aromatic heterocycles. The van der Waals surface area contributed by atoms with Crippen LogP contribution in [0.25, 0.3) is 0 Å². The summed E-state index contributed by atoms with van der Waals surface area (Å²) in [6.07, 6.45) is 0.161. The van der Waals surface area contributed by atoms with Crippen LogP contribution in [0.5, 0.6) is 0 Å². The molecule has 0 aromatic carbocycles. The van der Waals surface area contributed by atoms with E-state index in [0.717, 1.165) is 5.56 Å². The molecule has 1 aromatic rings. The monoisotopic (exact) mass is 282 g/mol. The fraction of sp³-hybridized carbons (Fsp3) is 0.615. The maximum atomic E-state index is 12.4. The standard InChI is InChI=1S/C13H18N2O5/c1-8-10(9(2)20-14-8)6-12(16)15-4-5-19-7-11(15)13(17)18-3/h11H,4-7H2,1-3H3. The van der Waals surface area contributed by atoms with Gasteiger partial charge in [0, 0.05) is 12.1 Å². The van der Waals surface area contributed by atoms with Crippen molar-refractivity contribution in [1.29, 1.82) is 0 Å². The van der Waals surface area contributed by atoms with Crippen molar-refractivity contribution in [3.63, 3.8) is 0 Å². The molecule has 1 amide bonds. The van der Waals surface area contributed by atoms with Crippen LogP contribution in [0.3, 0.4) is 0 Å². The van der Waals surface area contributed by atoms with Crippen molar-refractivity contribution in [3.8, 4) is 0 Å². The molecule has 1 unspecified atom stereocenters. The van der Waals surface area contributed by atoms with Crippen molar-refractivity contribution in [2.75, 3.05) is 26.9 Å². The Morgan fingerprint density at radius 1 is 1.45 bits per heavy atom. The number of hydrogen-bond acceptors (Lipinski definition) is 6. The minimum Gasteiger partial charge on any atom is -0.467 e. The van der Waals surface area contributed by atoms with E-state index in [0.29, 0.717) is 24.6 Å². The van der Waals surface area contributed by atoms with Crippen LogP contribution in [0.2, 0.25) is 0 Å². The zero-order valence-corrected chi connectivity index (χ0v) is 11.8. The van der Waals surface area contributed by atoms with Crippen molar-refractivity contribution in [2.45, 2.75) is 26.3 Å². The minimum atomic E-state index is -0.679. The van der Waals surface area contributed by atoms with E-state index in [1.807, 2.05) is 0 Å². The number of aryl methyl sites for hydroxylation is 2. The van der Waals surface area contributed by atoms with Crippen molar-refractivity contribution in [2.24, 2.45) is 0 Å². The smallest absolute Gasteiger partial charge is 0.331 e. The first-order valence-corrected chi connectivity index (χ1v) is 6.41. The van der Waals surface area contributed by atoms with Gasteiger partial charge >= 0.3 is 5.97 Å². The molecule has 7 heteroatoms. The van der Waals surface area contributed by atoms with Crippen LogP contribution in [-0.2, 0) is 25.5 Å². The van der Waals surface area contributed by atoms with Gasteiger partial charge in [-0.1, -0.05) is 5.16 Å². The Morgan fingerprint density at radius 3 is 2.80 bits per heavy atom. The third-order valence-corrected chi connectivity index (χ3v) is 3.43. The number of amides is 1. The number of carbonyl (C=O) groups is 2. The maximum absolute atomic E-state index is 12.4. The van der Waals surface area contributed by atoms with Crippen LogP contribution < -0.4 is 0 Å². The summed E-state index contributed by atoms with van der Waals surface area (Å²) in [5, 5.41) is 3.82. The Balaban J connectivity index is 2.12. The summed E-state index contributed by atoms with van der Waals surface area (Å²) in [4.78, 5) is 25.6. The van der Waals surface area contributed by atoms with E-state index >= 15 is 0 Å². The summed E-state index contributed by atoms with van der Waals surface area (Å²) in [5.74, 6) is 0.00800. The third-order valence-electron chi connectivity index (χ3n) is 3.43. The summed E-state index contributed by atoms with van der Waals surface area (Å²) in [6, 6.07) is -0.679. The summed E-state index contributed by atoms with van der Waals surface area (Å²) in [5.41, 5.74) is 1.46. The fourth-order valence-corrected chi connectivity index (χ4v) is 2.24. The lowest BCUT2D eigenvalue weighted by Crippen LogP contribution is -2.53. The zero-order valence-electron chi connectivity index (χ0n) is 11.8. The highest BCUT2D eigenvalue weighted by atomic mass is 16.5. The Morgan fingerprint density at radius 2 is 2.20 bits per heavy atom. The number of carbonyl (C=O) groups excluding carboxylic acids is 2. The van der Waals surface area contributed by atoms with E-state index in [-0.39, 0.29) is 18.9 Å². The lowest BCUT2D eigenvalue weighted by molar-refractivity contribution is -0.160. The highest BCUT2D eigenvalue weighted by Gasteiger charge is 2.34. The van der Waals surface area contributed by atoms with Gasteiger partial charge in [0.05, 0.1) is 32.4 Å². The van der Waals surface area contributed by atoms with Gasteiger partial charge in [-0.3, -0.25) is 4.79 Å². The van der Waals surface area contributed by atoms with Gasteiger partial charge in [-0.25, -0.2) is 4.79 Å². The number of methoxy groups -OCH3 is 1. The molecule has 110 valence electrons. The van der Waals surface area contributed by atoms with Gasteiger partial charge in [-0.2, -0.15) is 0 Å². The quantitative estimate of drug-likeness (QED) is 0.738. The van der Waals surface area contributed by atoms with Gasteiger partial charge in [-0.05, 0) is 13.8 Å². The molecule has 20 heavy (non-hydrogen) atoms. The molecule has 0 aliphatic carbocycles. The highest BCUT2D eigenvalue weighted by molar-refractivity contribution is 5.86. The molecule has 1 aliphatic rings. The second kappa shape index (κ2) is 6.04. The number of nitrogens with zero attached hydrogens (tertiary/aromatic N) is 2. The number of aromatic nitrogens is 1. The van der Waals surface area contributed by atoms with E-state index in [2.05, 4.69) is 5.16 Å². The van der Waals surface area contributed by atoms with E-state index < -0.39 is 12.0 Å². The summed E-state index contributed by atoms with van der Waals surface area (Å²) < 4.78 is 15.0. The molecule has 7 nitrogen and oxygen atoms in total. The van der Waals surface area contributed by atoms with Crippen LogP contribution in [-0.4, -0.2) is 54.8 Å². The lowest BCUT2D eigenvalue weighted by Gasteiger charge is -2.33. The van der Waals surface area contributed by atoms with Crippen LogP contribution in [0, 0.1) is 13.8 Å². The molecule has 2 rings (SSSR count). The van der Waals surface area contributed by atoms with Gasteiger partial charge in [0.25, 0.3) is 0 Å². The Labute approximate surface area is 116 Å². The van der Waals surface area contributed by atoms with E-state index in [9.17, 15) is 9.59 Å². The first-order chi connectivity index (χ1) is 9.54. The lowest BCUT2D eigenvalue weighted by atomic mass is 10.1. The van der Waals surface area contributed by atoms with E-state index in [1.54, 1.807) is 13.8 Å². The minimum absolute atomic E-state index is 0.155. The SMILES string of the molecule is COC(=O)C1COCCN1C(=O)Cc1c(C)noc1C. The Hall–Kier alpha value is -1.89. The van der Waals surface area contributed by atoms with Crippen LogP contribution in [0.1, 0.15) is 17.0 Å². The normalized spacial score (nSPS) is 18.9. The van der Waals surface area contributed by atoms with Crippen molar-refractivity contribution < 1.29 is 23.6 Å². The number of rotatable bonds is 3. The molecule has 2 heterocycles. The summed E-state index contributed by atoms with van der Waals surface area (Å²) >= 11 is 0. The fourth-order valence-electron chi connectivity index (χ4n) is 2.24. The van der Waals surface area contributed by atoms with Crippen molar-refractivity contribution in [1.82, 2.24) is 10.1 Å². The number of esters is 1. The largest absolute Gasteiger partial charge is 0.467 e. The van der Waals surface area contributed by atoms with Crippen molar-refractivity contribution >= 4 is 11.9 Å². The second-order valence-corrected chi connectivity index (χ2v) is 4.68. The number of ether oxygens (including phenoxy) is 2. The van der Waals surface area contributed by atoms with Crippen LogP contribution >= 0.6 is 0 Å². The van der Waals surface area contributed by atoms with Gasteiger partial charge in [0.1, 0.15) is 5.76 Å². The molecule has 0 saturated carbocycles. The van der Waals surface area contributed by atoms with Gasteiger partial charge in [0.2, 0.25) is 5.91 Å². The molecule has 1 atom stereocenters. The molecule has 1 saturated heterocycles. The predicted molar refractivity (Wildman–Crippen MR) is 68.0 cm³/mol. The number of hydrogen-bond donors (Lipinski definition) is 0. The topological polar surface area (TPSA) is 81.9 Å². The Bertz CT molecular complexity index is 491. The first kappa shape index (κ1) is 14.5. The van der Waals surface area contributed by atoms with Crippen molar-refractivity contribution in [3.05, 3.63) is 17.0 Å². The third kappa shape index (κ3) is 2.82. The van der Waals surface area contributed by atoms with Gasteiger partial charge in [0.15, 0.2) is 6.04 Å². The molecular formula is C13H18N2O5. The molecule has 0 spiro atoms. The predicted octanol–water partition coefficient (Wildman–Crippen LogP) is 0.234. The zero-order chi connectivity index (χ0) is 14.7. The van der Waals surface area contributed by atoms with E-state index in [1.165, 1.54) is 12.0 Å². The first-order valence-electron chi connectivity index (χ1n) is 6.41. The van der Waals surface area contributed by atoms with E-state index in [4.69, 9.17) is 14.0 Å². The average Bonchev–Trinajstić information content (AvgIpc) is 2.78. The molecule has 0 bridgehead atoms. The molecule has 0 N–H and O–H groups in total. The number of morpholine rings is 1. The molecule has 0 radical (unpaired) electrons. The van der Waals surface area contributed by atoms with Gasteiger partial charge < -0.3 is 18.9 Å². The molecule has 1 fully saturated rings. The summed E-state index contributed by atoms with van der Waals surface area (Å²) in [6.45, 7) is 4.51. The molecular weight excluding hydrogens is 264 g/mol. The maximum Gasteiger partial charge on any atom is 0.331 e. The summed E-state index contributed by atoms with van der Waals surface area (Å²) in [7, 11) is 1.30. The average molecular weight is 282 g/mol. The van der Waals surface area contributed by atoms with Gasteiger partial charge in [-0.15, -0.1) is 0 Å². The van der Waals surface area contributed by atoms with Crippen LogP contribution in [0.4, 0.5) is 0 Å².